The van der Waals surface area contributed by atoms with Gasteiger partial charge < -0.3 is 19.1 Å². The number of carboxylic acid groups (broad SMARTS) is 1. The van der Waals surface area contributed by atoms with E-state index in [0.717, 1.165) is 22.3 Å². The molecule has 0 fully saturated rings. The fraction of sp³-hybridized carbons (Fsp3) is 0.273. The standard InChI is InChI=1S/C22H23NO4/c1-13(2)21(22(24)25)23-18-12-20(15-6-8-16(26-4)9-7-15)27-19-10-5-14(3)11-17(18)19/h5-13,21H,1-4H3,(H,24,25)/p-1. The summed E-state index contributed by atoms with van der Waals surface area (Å²) in [5, 5.41) is 12.9. The number of carbonyl (C=O) groups is 1. The number of hydrogen-bond acceptors (Lipinski definition) is 5. The molecule has 0 spiro atoms. The number of carbonyl (C=O) groups excluding carboxylic acids is 1. The van der Waals surface area contributed by atoms with Crippen LogP contribution >= 0.6 is 0 Å². The number of nitrogens with zero attached hydrogens (tertiary/aromatic N) is 1. The fourth-order valence-corrected chi connectivity index (χ4v) is 2.91. The molecule has 0 saturated heterocycles. The van der Waals surface area contributed by atoms with Crippen LogP contribution in [-0.2, 0) is 4.79 Å². The van der Waals surface area contributed by atoms with Gasteiger partial charge in [-0.1, -0.05) is 25.5 Å². The zero-order chi connectivity index (χ0) is 19.6. The average Bonchev–Trinajstić information content (AvgIpc) is 2.65. The van der Waals surface area contributed by atoms with E-state index in [1.165, 1.54) is 0 Å². The molecule has 3 rings (SSSR count). The zero-order valence-corrected chi connectivity index (χ0v) is 15.9. The molecule has 2 aromatic carbocycles. The summed E-state index contributed by atoms with van der Waals surface area (Å²) in [7, 11) is 1.61. The lowest BCUT2D eigenvalue weighted by Crippen LogP contribution is -2.39. The van der Waals surface area contributed by atoms with Crippen molar-refractivity contribution in [1.29, 1.82) is 0 Å². The number of methoxy groups -OCH3 is 1. The zero-order valence-electron chi connectivity index (χ0n) is 15.9. The Bertz CT molecular complexity index is 1030. The third-order valence-electron chi connectivity index (χ3n) is 4.42. The van der Waals surface area contributed by atoms with Crippen LogP contribution in [0.4, 0.5) is 0 Å². The van der Waals surface area contributed by atoms with Gasteiger partial charge >= 0.3 is 0 Å². The number of carboxylic acids is 1. The smallest absolute Gasteiger partial charge is 0.136 e. The Morgan fingerprint density at radius 1 is 1.11 bits per heavy atom. The Morgan fingerprint density at radius 3 is 2.41 bits per heavy atom. The summed E-state index contributed by atoms with van der Waals surface area (Å²) < 4.78 is 11.3. The van der Waals surface area contributed by atoms with Crippen LogP contribution in [0, 0.1) is 12.8 Å². The van der Waals surface area contributed by atoms with Gasteiger partial charge in [0, 0.05) is 17.0 Å². The highest BCUT2D eigenvalue weighted by molar-refractivity contribution is 5.80. The summed E-state index contributed by atoms with van der Waals surface area (Å²) in [5.74, 6) is -0.0143. The molecule has 3 aromatic rings. The summed E-state index contributed by atoms with van der Waals surface area (Å²) in [6.07, 6.45) is 0. The topological polar surface area (TPSA) is 74.9 Å². The number of fused-ring (bicyclic) bond motifs is 1. The Morgan fingerprint density at radius 2 is 1.81 bits per heavy atom. The van der Waals surface area contributed by atoms with Crippen molar-refractivity contribution >= 4 is 16.9 Å². The lowest BCUT2D eigenvalue weighted by Gasteiger charge is -2.17. The van der Waals surface area contributed by atoms with E-state index in [-0.39, 0.29) is 5.92 Å². The Hall–Kier alpha value is -3.08. The second kappa shape index (κ2) is 7.66. The first-order valence-electron chi connectivity index (χ1n) is 8.82. The Balaban J connectivity index is 2.26. The maximum Gasteiger partial charge on any atom is 0.136 e. The molecule has 27 heavy (non-hydrogen) atoms. The van der Waals surface area contributed by atoms with E-state index in [4.69, 9.17) is 9.15 Å². The molecule has 0 aliphatic carbocycles. The highest BCUT2D eigenvalue weighted by Gasteiger charge is 2.14. The van der Waals surface area contributed by atoms with Gasteiger partial charge in [0.1, 0.15) is 17.1 Å². The summed E-state index contributed by atoms with van der Waals surface area (Å²) in [6.45, 7) is 5.60. The molecule has 5 nitrogen and oxygen atoms in total. The molecule has 0 amide bonds. The van der Waals surface area contributed by atoms with Crippen LogP contribution in [-0.4, -0.2) is 19.1 Å². The third-order valence-corrected chi connectivity index (χ3v) is 4.42. The quantitative estimate of drug-likeness (QED) is 0.697. The highest BCUT2D eigenvalue weighted by atomic mass is 16.5. The minimum atomic E-state index is -1.18. The number of aryl methyl sites for hydroxylation is 1. The van der Waals surface area contributed by atoms with E-state index < -0.39 is 12.0 Å². The van der Waals surface area contributed by atoms with Crippen LogP contribution in [0.1, 0.15) is 19.4 Å². The summed E-state index contributed by atoms with van der Waals surface area (Å²) in [4.78, 5) is 16.0. The van der Waals surface area contributed by atoms with Crippen molar-refractivity contribution in [2.75, 3.05) is 7.11 Å². The fourth-order valence-electron chi connectivity index (χ4n) is 2.91. The van der Waals surface area contributed by atoms with Crippen molar-refractivity contribution in [3.8, 4) is 17.1 Å². The van der Waals surface area contributed by atoms with Crippen LogP contribution < -0.4 is 15.2 Å². The van der Waals surface area contributed by atoms with Gasteiger partial charge in [0.15, 0.2) is 0 Å². The van der Waals surface area contributed by atoms with Crippen molar-refractivity contribution in [2.45, 2.75) is 26.8 Å². The molecule has 0 radical (unpaired) electrons. The third kappa shape index (κ3) is 4.03. The minimum absolute atomic E-state index is 0.184. The van der Waals surface area contributed by atoms with Gasteiger partial charge in [-0.2, -0.15) is 0 Å². The van der Waals surface area contributed by atoms with Gasteiger partial charge in [-0.25, -0.2) is 0 Å². The van der Waals surface area contributed by atoms with Gasteiger partial charge in [-0.3, -0.25) is 4.99 Å². The summed E-state index contributed by atoms with van der Waals surface area (Å²) in [6, 6.07) is 14.1. The van der Waals surface area contributed by atoms with E-state index >= 15 is 0 Å². The number of rotatable bonds is 5. The molecule has 0 saturated carbocycles. The first kappa shape index (κ1) is 18.7. The monoisotopic (exact) mass is 364 g/mol. The molecular weight excluding hydrogens is 342 g/mol. The van der Waals surface area contributed by atoms with E-state index in [0.29, 0.717) is 16.7 Å². The number of aliphatic carboxylic acids is 1. The molecule has 0 aliphatic rings. The van der Waals surface area contributed by atoms with Gasteiger partial charge in [-0.15, -0.1) is 0 Å². The Kier molecular flexibility index (Phi) is 5.31. The van der Waals surface area contributed by atoms with Crippen LogP contribution in [0.15, 0.2) is 57.9 Å². The van der Waals surface area contributed by atoms with Crippen molar-refractivity contribution in [3.05, 3.63) is 59.5 Å². The SMILES string of the molecule is COc1ccc(-c2cc(=NC(C(=O)[O-])C(C)C)c3cc(C)ccc3o2)cc1. The van der Waals surface area contributed by atoms with Crippen molar-refractivity contribution in [3.63, 3.8) is 0 Å². The van der Waals surface area contributed by atoms with E-state index in [9.17, 15) is 9.90 Å². The number of ether oxygens (including phenoxy) is 1. The number of benzene rings is 2. The molecule has 0 N–H and O–H groups in total. The molecule has 1 unspecified atom stereocenters. The van der Waals surface area contributed by atoms with E-state index in [1.807, 2.05) is 63.2 Å². The van der Waals surface area contributed by atoms with Crippen molar-refractivity contribution in [1.82, 2.24) is 0 Å². The van der Waals surface area contributed by atoms with Crippen LogP contribution in [0.2, 0.25) is 0 Å². The molecule has 1 atom stereocenters. The first-order valence-corrected chi connectivity index (χ1v) is 8.82. The predicted molar refractivity (Wildman–Crippen MR) is 102 cm³/mol. The normalized spacial score (nSPS) is 13.1. The average molecular weight is 364 g/mol. The summed E-state index contributed by atoms with van der Waals surface area (Å²) >= 11 is 0. The molecular formula is C22H22NO4-. The minimum Gasteiger partial charge on any atom is -0.548 e. The van der Waals surface area contributed by atoms with E-state index in [1.54, 1.807) is 13.2 Å². The molecule has 5 heteroatoms. The summed E-state index contributed by atoms with van der Waals surface area (Å²) in [5.41, 5.74) is 2.54. The first-order chi connectivity index (χ1) is 12.9. The lowest BCUT2D eigenvalue weighted by molar-refractivity contribution is -0.308. The molecule has 1 heterocycles. The Labute approximate surface area is 157 Å². The van der Waals surface area contributed by atoms with Gasteiger partial charge in [0.2, 0.25) is 0 Å². The lowest BCUT2D eigenvalue weighted by atomic mass is 10.0. The van der Waals surface area contributed by atoms with E-state index in [2.05, 4.69) is 4.99 Å². The second-order valence-corrected chi connectivity index (χ2v) is 6.86. The molecule has 140 valence electrons. The second-order valence-electron chi connectivity index (χ2n) is 6.86. The van der Waals surface area contributed by atoms with Gasteiger partial charge in [0.25, 0.3) is 0 Å². The number of hydrogen-bond donors (Lipinski definition) is 0. The van der Waals surface area contributed by atoms with Crippen molar-refractivity contribution < 1.29 is 19.1 Å². The maximum atomic E-state index is 11.5. The largest absolute Gasteiger partial charge is 0.548 e. The van der Waals surface area contributed by atoms with Crippen LogP contribution in [0.25, 0.3) is 22.3 Å². The molecule has 0 bridgehead atoms. The van der Waals surface area contributed by atoms with Gasteiger partial charge in [-0.05, 0) is 49.2 Å². The van der Waals surface area contributed by atoms with Crippen molar-refractivity contribution in [2.24, 2.45) is 10.9 Å². The molecule has 1 aromatic heterocycles. The molecule has 0 aliphatic heterocycles. The van der Waals surface area contributed by atoms with Crippen LogP contribution in [0.3, 0.4) is 0 Å². The maximum absolute atomic E-state index is 11.5. The predicted octanol–water partition coefficient (Wildman–Crippen LogP) is 3.09. The highest BCUT2D eigenvalue weighted by Crippen LogP contribution is 2.25. The van der Waals surface area contributed by atoms with Gasteiger partial charge in [0.05, 0.1) is 24.5 Å². The van der Waals surface area contributed by atoms with Crippen LogP contribution in [0.5, 0.6) is 5.75 Å².